The predicted octanol–water partition coefficient (Wildman–Crippen LogP) is 0.965. The Morgan fingerprint density at radius 3 is 2.41 bits per heavy atom. The molecule has 3 N–H and O–H groups in total. The molecule has 0 heterocycles. The van der Waals surface area contributed by atoms with E-state index in [9.17, 15) is 9.59 Å². The van der Waals surface area contributed by atoms with E-state index in [1.54, 1.807) is 0 Å². The van der Waals surface area contributed by atoms with Gasteiger partial charge >= 0.3 is 5.97 Å². The molecule has 0 aliphatic rings. The minimum absolute atomic E-state index is 0.109. The molecule has 0 atom stereocenters. The number of hydrogen-bond donors (Lipinski definition) is 2. The summed E-state index contributed by atoms with van der Waals surface area (Å²) in [6.45, 7) is 4.01. The molecular weight excluding hydrogens is 220 g/mol. The molecule has 0 saturated heterocycles. The molecule has 0 bridgehead atoms. The predicted molar refractivity (Wildman–Crippen MR) is 66.4 cm³/mol. The van der Waals surface area contributed by atoms with E-state index in [1.165, 1.54) is 0 Å². The Labute approximate surface area is 103 Å². The summed E-state index contributed by atoms with van der Waals surface area (Å²) in [6.07, 6.45) is 4.67. The number of amides is 1. The van der Waals surface area contributed by atoms with Crippen LogP contribution in [0.4, 0.5) is 0 Å². The molecule has 0 aromatic heterocycles. The van der Waals surface area contributed by atoms with Gasteiger partial charge in [-0.15, -0.1) is 0 Å². The summed E-state index contributed by atoms with van der Waals surface area (Å²) < 4.78 is 4.83. The van der Waals surface area contributed by atoms with Crippen LogP contribution < -0.4 is 11.1 Å². The number of carbonyl (C=O) groups is 2. The van der Waals surface area contributed by atoms with Crippen molar-refractivity contribution < 1.29 is 14.3 Å². The Morgan fingerprint density at radius 2 is 1.76 bits per heavy atom. The number of rotatable bonds is 11. The maximum absolute atomic E-state index is 11.0. The molecule has 17 heavy (non-hydrogen) atoms. The third-order valence-electron chi connectivity index (χ3n) is 2.32. The lowest BCUT2D eigenvalue weighted by molar-refractivity contribution is -0.143. The Morgan fingerprint density at radius 1 is 1.06 bits per heavy atom. The first-order valence-corrected chi connectivity index (χ1v) is 6.31. The van der Waals surface area contributed by atoms with Crippen molar-refractivity contribution in [3.63, 3.8) is 0 Å². The highest BCUT2D eigenvalue weighted by Crippen LogP contribution is 2.00. The average Bonchev–Trinajstić information content (AvgIpc) is 2.27. The zero-order valence-corrected chi connectivity index (χ0v) is 10.7. The molecule has 1 amide bonds. The second kappa shape index (κ2) is 11.4. The van der Waals surface area contributed by atoms with Gasteiger partial charge < -0.3 is 15.8 Å². The molecule has 0 rings (SSSR count). The fourth-order valence-corrected chi connectivity index (χ4v) is 1.44. The average molecular weight is 244 g/mol. The number of unbranched alkanes of at least 4 members (excludes halogenated alkanes) is 2. The monoisotopic (exact) mass is 244 g/mol. The normalized spacial score (nSPS) is 10.2. The number of nitrogens with two attached hydrogens (primary N) is 1. The summed E-state index contributed by atoms with van der Waals surface area (Å²) in [4.78, 5) is 21.4. The van der Waals surface area contributed by atoms with Gasteiger partial charge in [-0.05, 0) is 39.3 Å². The van der Waals surface area contributed by atoms with Crippen LogP contribution in [0.3, 0.4) is 0 Å². The van der Waals surface area contributed by atoms with Gasteiger partial charge in [0.15, 0.2) is 0 Å². The standard InChI is InChI=1S/C12H24N2O3/c1-2-17-12(16)8-4-3-5-9-14-10-6-7-11(13)15/h14H,2-10H2,1H3,(H2,13,15). The van der Waals surface area contributed by atoms with Gasteiger partial charge in [-0.3, -0.25) is 9.59 Å². The number of primary amides is 1. The second-order valence-corrected chi connectivity index (χ2v) is 3.94. The summed E-state index contributed by atoms with van der Waals surface area (Å²) in [7, 11) is 0. The SMILES string of the molecule is CCOC(=O)CCCCCNCCCC(N)=O. The van der Waals surface area contributed by atoms with Crippen LogP contribution in [-0.4, -0.2) is 31.6 Å². The van der Waals surface area contributed by atoms with Crippen molar-refractivity contribution in [3.8, 4) is 0 Å². The van der Waals surface area contributed by atoms with Crippen molar-refractivity contribution in [2.24, 2.45) is 5.73 Å². The molecule has 0 unspecified atom stereocenters. The van der Waals surface area contributed by atoms with Gasteiger partial charge in [0.2, 0.25) is 5.91 Å². The highest BCUT2D eigenvalue weighted by atomic mass is 16.5. The molecule has 5 heteroatoms. The van der Waals surface area contributed by atoms with Crippen LogP contribution in [0.5, 0.6) is 0 Å². The van der Waals surface area contributed by atoms with Gasteiger partial charge in [-0.25, -0.2) is 0 Å². The van der Waals surface area contributed by atoms with E-state index in [2.05, 4.69) is 5.32 Å². The summed E-state index contributed by atoms with van der Waals surface area (Å²) >= 11 is 0. The van der Waals surface area contributed by atoms with Crippen LogP contribution >= 0.6 is 0 Å². The Hall–Kier alpha value is -1.10. The van der Waals surface area contributed by atoms with Crippen molar-refractivity contribution in [1.82, 2.24) is 5.32 Å². The molecule has 0 aliphatic carbocycles. The zero-order valence-electron chi connectivity index (χ0n) is 10.7. The Kier molecular flexibility index (Phi) is 10.7. The van der Waals surface area contributed by atoms with Crippen LogP contribution in [0.25, 0.3) is 0 Å². The molecule has 0 fully saturated rings. The van der Waals surface area contributed by atoms with Gasteiger partial charge in [-0.2, -0.15) is 0 Å². The van der Waals surface area contributed by atoms with E-state index >= 15 is 0 Å². The van der Waals surface area contributed by atoms with Crippen LogP contribution in [0, 0.1) is 0 Å². The second-order valence-electron chi connectivity index (χ2n) is 3.94. The van der Waals surface area contributed by atoms with E-state index in [4.69, 9.17) is 10.5 Å². The van der Waals surface area contributed by atoms with Gasteiger partial charge in [0.25, 0.3) is 0 Å². The fourth-order valence-electron chi connectivity index (χ4n) is 1.44. The number of hydrogen-bond acceptors (Lipinski definition) is 4. The molecular formula is C12H24N2O3. The molecule has 0 saturated carbocycles. The van der Waals surface area contributed by atoms with Crippen molar-refractivity contribution >= 4 is 11.9 Å². The van der Waals surface area contributed by atoms with E-state index in [0.717, 1.165) is 38.8 Å². The van der Waals surface area contributed by atoms with Crippen molar-refractivity contribution in [3.05, 3.63) is 0 Å². The fraction of sp³-hybridized carbons (Fsp3) is 0.833. The third-order valence-corrected chi connectivity index (χ3v) is 2.32. The topological polar surface area (TPSA) is 81.4 Å². The Bertz CT molecular complexity index is 220. The summed E-state index contributed by atoms with van der Waals surface area (Å²) in [5, 5.41) is 3.23. The number of ether oxygens (including phenoxy) is 1. The maximum Gasteiger partial charge on any atom is 0.305 e. The minimum atomic E-state index is -0.249. The molecule has 0 aromatic rings. The molecule has 0 spiro atoms. The lowest BCUT2D eigenvalue weighted by Gasteiger charge is -2.04. The highest BCUT2D eigenvalue weighted by Gasteiger charge is 2.00. The first kappa shape index (κ1) is 15.9. The first-order valence-electron chi connectivity index (χ1n) is 6.31. The lowest BCUT2D eigenvalue weighted by atomic mass is 10.2. The molecule has 0 aromatic carbocycles. The van der Waals surface area contributed by atoms with Crippen molar-refractivity contribution in [1.29, 1.82) is 0 Å². The van der Waals surface area contributed by atoms with Crippen LogP contribution in [0.2, 0.25) is 0 Å². The number of carbonyl (C=O) groups excluding carboxylic acids is 2. The molecule has 5 nitrogen and oxygen atoms in total. The lowest BCUT2D eigenvalue weighted by Crippen LogP contribution is -2.19. The maximum atomic E-state index is 11.0. The summed E-state index contributed by atoms with van der Waals surface area (Å²) in [5.41, 5.74) is 5.02. The van der Waals surface area contributed by atoms with Crippen LogP contribution in [0.1, 0.15) is 45.4 Å². The van der Waals surface area contributed by atoms with Crippen molar-refractivity contribution in [2.45, 2.75) is 45.4 Å². The van der Waals surface area contributed by atoms with Crippen LogP contribution in [0.15, 0.2) is 0 Å². The molecule has 0 radical (unpaired) electrons. The van der Waals surface area contributed by atoms with Crippen LogP contribution in [-0.2, 0) is 14.3 Å². The van der Waals surface area contributed by atoms with E-state index < -0.39 is 0 Å². The van der Waals surface area contributed by atoms with E-state index in [1.807, 2.05) is 6.92 Å². The molecule has 100 valence electrons. The number of esters is 1. The van der Waals surface area contributed by atoms with Gasteiger partial charge in [0.05, 0.1) is 6.61 Å². The minimum Gasteiger partial charge on any atom is -0.466 e. The quantitative estimate of drug-likeness (QED) is 0.419. The van der Waals surface area contributed by atoms with E-state index in [-0.39, 0.29) is 11.9 Å². The first-order chi connectivity index (χ1) is 8.16. The highest BCUT2D eigenvalue weighted by molar-refractivity contribution is 5.73. The zero-order chi connectivity index (χ0) is 12.9. The van der Waals surface area contributed by atoms with Crippen molar-refractivity contribution in [2.75, 3.05) is 19.7 Å². The molecule has 0 aliphatic heterocycles. The van der Waals surface area contributed by atoms with E-state index in [0.29, 0.717) is 19.4 Å². The largest absolute Gasteiger partial charge is 0.466 e. The summed E-state index contributed by atoms with van der Waals surface area (Å²) in [6, 6.07) is 0. The van der Waals surface area contributed by atoms with Gasteiger partial charge in [0.1, 0.15) is 0 Å². The smallest absolute Gasteiger partial charge is 0.305 e. The summed E-state index contributed by atoms with van der Waals surface area (Å²) in [5.74, 6) is -0.358. The third kappa shape index (κ3) is 12.8. The number of nitrogens with one attached hydrogen (secondary N) is 1. The van der Waals surface area contributed by atoms with Gasteiger partial charge in [0, 0.05) is 12.8 Å². The Balaban J connectivity index is 3.08. The van der Waals surface area contributed by atoms with Gasteiger partial charge in [-0.1, -0.05) is 6.42 Å².